The second-order valence-electron chi connectivity index (χ2n) is 5.40. The van der Waals surface area contributed by atoms with Crippen LogP contribution in [0.15, 0.2) is 53.3 Å². The number of aromatic nitrogens is 5. The highest BCUT2D eigenvalue weighted by molar-refractivity contribution is 9.10. The van der Waals surface area contributed by atoms with Gasteiger partial charge in [0.15, 0.2) is 0 Å². The van der Waals surface area contributed by atoms with E-state index >= 15 is 0 Å². The third-order valence-corrected chi connectivity index (χ3v) is 4.31. The van der Waals surface area contributed by atoms with Gasteiger partial charge in [-0.05, 0) is 30.3 Å². The van der Waals surface area contributed by atoms with Crippen molar-refractivity contribution in [1.82, 2.24) is 24.7 Å². The maximum Gasteiger partial charge on any atom is 0.240 e. The van der Waals surface area contributed by atoms with Crippen LogP contribution in [-0.2, 0) is 7.05 Å². The molecule has 7 heteroatoms. The van der Waals surface area contributed by atoms with Gasteiger partial charge in [0, 0.05) is 40.4 Å². The lowest BCUT2D eigenvalue weighted by molar-refractivity contribution is 0.964. The summed E-state index contributed by atoms with van der Waals surface area (Å²) in [5.74, 6) is 0.136. The molecule has 3 aromatic heterocycles. The summed E-state index contributed by atoms with van der Waals surface area (Å²) in [6.07, 6.45) is 3.74. The Morgan fingerprint density at radius 3 is 2.75 bits per heavy atom. The fraction of sp³-hybridized carbons (Fsp3) is 0.0588. The molecule has 3 heterocycles. The molecule has 4 aromatic rings. The Labute approximate surface area is 146 Å². The molecular formula is C17H13BrN6. The molecule has 0 spiro atoms. The normalized spacial score (nSPS) is 11.1. The number of rotatable bonds is 2. The highest BCUT2D eigenvalue weighted by Gasteiger charge is 2.18. The zero-order valence-electron chi connectivity index (χ0n) is 12.8. The maximum absolute atomic E-state index is 5.80. The van der Waals surface area contributed by atoms with Crippen molar-refractivity contribution in [2.45, 2.75) is 0 Å². The highest BCUT2D eigenvalue weighted by atomic mass is 79.9. The van der Waals surface area contributed by atoms with Gasteiger partial charge in [0.2, 0.25) is 5.95 Å². The standard InChI is InChI=1S/C17H13BrN6/c1-24-9-12(11-8-10(18)5-6-14(11)24)15-16(22-23-17(19)21-15)13-4-2-3-7-20-13/h2-9H,1H3,(H2,19,21,23). The van der Waals surface area contributed by atoms with E-state index in [0.717, 1.165) is 20.9 Å². The van der Waals surface area contributed by atoms with E-state index in [1.807, 2.05) is 37.5 Å². The number of nitrogen functional groups attached to an aromatic ring is 1. The second kappa shape index (κ2) is 5.68. The van der Waals surface area contributed by atoms with Gasteiger partial charge in [-0.25, -0.2) is 4.98 Å². The van der Waals surface area contributed by atoms with Crippen molar-refractivity contribution in [2.75, 3.05) is 5.73 Å². The van der Waals surface area contributed by atoms with E-state index in [-0.39, 0.29) is 5.95 Å². The van der Waals surface area contributed by atoms with Crippen molar-refractivity contribution in [3.63, 3.8) is 0 Å². The lowest BCUT2D eigenvalue weighted by Gasteiger charge is -2.06. The summed E-state index contributed by atoms with van der Waals surface area (Å²) in [4.78, 5) is 8.82. The fourth-order valence-electron chi connectivity index (χ4n) is 2.75. The average molecular weight is 381 g/mol. The molecule has 6 nitrogen and oxygen atoms in total. The molecule has 0 saturated carbocycles. The number of halogens is 1. The minimum atomic E-state index is 0.136. The predicted octanol–water partition coefficient (Wildman–Crippen LogP) is 3.44. The Bertz CT molecular complexity index is 1040. The first kappa shape index (κ1) is 14.8. The van der Waals surface area contributed by atoms with Crippen molar-refractivity contribution in [3.05, 3.63) is 53.3 Å². The zero-order chi connectivity index (χ0) is 16.7. The van der Waals surface area contributed by atoms with Gasteiger partial charge in [-0.2, -0.15) is 0 Å². The summed E-state index contributed by atoms with van der Waals surface area (Å²) >= 11 is 3.53. The molecule has 118 valence electrons. The van der Waals surface area contributed by atoms with E-state index in [4.69, 9.17) is 5.73 Å². The Kier molecular flexibility index (Phi) is 3.50. The molecule has 24 heavy (non-hydrogen) atoms. The number of benzene rings is 1. The fourth-order valence-corrected chi connectivity index (χ4v) is 3.12. The van der Waals surface area contributed by atoms with E-state index in [1.54, 1.807) is 6.20 Å². The molecule has 1 aromatic carbocycles. The van der Waals surface area contributed by atoms with Crippen molar-refractivity contribution in [2.24, 2.45) is 7.05 Å². The van der Waals surface area contributed by atoms with Gasteiger partial charge in [0.05, 0.1) is 5.69 Å². The molecule has 0 amide bonds. The van der Waals surface area contributed by atoms with Crippen LogP contribution in [0.3, 0.4) is 0 Å². The van der Waals surface area contributed by atoms with Gasteiger partial charge < -0.3 is 10.3 Å². The third kappa shape index (κ3) is 2.43. The number of nitrogens with zero attached hydrogens (tertiary/aromatic N) is 5. The smallest absolute Gasteiger partial charge is 0.240 e. The predicted molar refractivity (Wildman–Crippen MR) is 97.1 cm³/mol. The van der Waals surface area contributed by atoms with E-state index in [1.165, 1.54) is 0 Å². The Hall–Kier alpha value is -2.80. The molecular weight excluding hydrogens is 368 g/mol. The van der Waals surface area contributed by atoms with Crippen LogP contribution in [0.1, 0.15) is 0 Å². The van der Waals surface area contributed by atoms with Gasteiger partial charge in [0.1, 0.15) is 11.4 Å². The first-order chi connectivity index (χ1) is 11.6. The van der Waals surface area contributed by atoms with Gasteiger partial charge in [-0.3, -0.25) is 4.98 Å². The third-order valence-electron chi connectivity index (χ3n) is 3.82. The summed E-state index contributed by atoms with van der Waals surface area (Å²) in [7, 11) is 2.00. The SMILES string of the molecule is Cn1cc(-c2nc(N)nnc2-c2ccccn2)c2cc(Br)ccc21. The van der Waals surface area contributed by atoms with Gasteiger partial charge in [-0.1, -0.05) is 22.0 Å². The molecule has 0 aliphatic heterocycles. The van der Waals surface area contributed by atoms with E-state index in [2.05, 4.69) is 52.8 Å². The summed E-state index contributed by atoms with van der Waals surface area (Å²) < 4.78 is 3.05. The number of nitrogens with two attached hydrogens (primary N) is 1. The largest absolute Gasteiger partial charge is 0.366 e. The summed E-state index contributed by atoms with van der Waals surface area (Å²) in [6, 6.07) is 11.8. The molecule has 0 aliphatic carbocycles. The number of hydrogen-bond acceptors (Lipinski definition) is 5. The maximum atomic E-state index is 5.80. The second-order valence-corrected chi connectivity index (χ2v) is 6.31. The van der Waals surface area contributed by atoms with Crippen LogP contribution < -0.4 is 5.73 Å². The average Bonchev–Trinajstić information content (AvgIpc) is 2.91. The molecule has 0 fully saturated rings. The number of anilines is 1. The lowest BCUT2D eigenvalue weighted by atomic mass is 10.1. The van der Waals surface area contributed by atoms with Crippen molar-refractivity contribution < 1.29 is 0 Å². The van der Waals surface area contributed by atoms with Crippen molar-refractivity contribution in [1.29, 1.82) is 0 Å². The molecule has 4 rings (SSSR count). The Morgan fingerprint density at radius 2 is 1.96 bits per heavy atom. The molecule has 0 unspecified atom stereocenters. The topological polar surface area (TPSA) is 82.5 Å². The lowest BCUT2D eigenvalue weighted by Crippen LogP contribution is -2.02. The van der Waals surface area contributed by atoms with Gasteiger partial charge >= 0.3 is 0 Å². The zero-order valence-corrected chi connectivity index (χ0v) is 14.4. The van der Waals surface area contributed by atoms with E-state index in [9.17, 15) is 0 Å². The first-order valence-corrected chi connectivity index (χ1v) is 8.09. The highest BCUT2D eigenvalue weighted by Crippen LogP contribution is 2.35. The van der Waals surface area contributed by atoms with E-state index in [0.29, 0.717) is 17.1 Å². The molecule has 0 saturated heterocycles. The van der Waals surface area contributed by atoms with Crippen LogP contribution in [0.2, 0.25) is 0 Å². The monoisotopic (exact) mass is 380 g/mol. The summed E-state index contributed by atoms with van der Waals surface area (Å²) in [5.41, 5.74) is 9.83. The van der Waals surface area contributed by atoms with Crippen LogP contribution in [0, 0.1) is 0 Å². The minimum Gasteiger partial charge on any atom is -0.366 e. The van der Waals surface area contributed by atoms with Crippen LogP contribution >= 0.6 is 15.9 Å². The van der Waals surface area contributed by atoms with Gasteiger partial charge in [0.25, 0.3) is 0 Å². The molecule has 2 N–H and O–H groups in total. The van der Waals surface area contributed by atoms with Gasteiger partial charge in [-0.15, -0.1) is 10.2 Å². The van der Waals surface area contributed by atoms with Crippen LogP contribution in [-0.4, -0.2) is 24.7 Å². The minimum absolute atomic E-state index is 0.136. The molecule has 0 aliphatic rings. The Balaban J connectivity index is 2.04. The molecule has 0 atom stereocenters. The number of pyridine rings is 1. The van der Waals surface area contributed by atoms with Crippen LogP contribution in [0.25, 0.3) is 33.5 Å². The first-order valence-electron chi connectivity index (χ1n) is 7.30. The molecule has 0 radical (unpaired) electrons. The molecule has 0 bridgehead atoms. The quantitative estimate of drug-likeness (QED) is 0.575. The number of aryl methyl sites for hydroxylation is 1. The Morgan fingerprint density at radius 1 is 1.08 bits per heavy atom. The van der Waals surface area contributed by atoms with E-state index < -0.39 is 0 Å². The van der Waals surface area contributed by atoms with Crippen molar-refractivity contribution >= 4 is 32.8 Å². The summed E-state index contributed by atoms with van der Waals surface area (Å²) in [6.45, 7) is 0. The number of fused-ring (bicyclic) bond motifs is 1. The van der Waals surface area contributed by atoms with Crippen LogP contribution in [0.4, 0.5) is 5.95 Å². The van der Waals surface area contributed by atoms with Crippen molar-refractivity contribution in [3.8, 4) is 22.6 Å². The number of hydrogen-bond donors (Lipinski definition) is 1. The summed E-state index contributed by atoms with van der Waals surface area (Å²) in [5, 5.41) is 9.21. The van der Waals surface area contributed by atoms with Crippen LogP contribution in [0.5, 0.6) is 0 Å².